The molecule has 2 aliphatic rings. The highest BCUT2D eigenvalue weighted by atomic mass is 19.4. The SMILES string of the molecule is Cc1cc(N2CCN(C(=O)Nc3ccccc3OC(F)(F)F)CC2)nc(N2CCOCC2)n1. The van der Waals surface area contributed by atoms with Gasteiger partial charge in [0.25, 0.3) is 0 Å². The lowest BCUT2D eigenvalue weighted by Gasteiger charge is -2.36. The van der Waals surface area contributed by atoms with Crippen molar-refractivity contribution >= 4 is 23.5 Å². The number of urea groups is 1. The minimum atomic E-state index is -4.85. The lowest BCUT2D eigenvalue weighted by Crippen LogP contribution is -2.50. The van der Waals surface area contributed by atoms with Gasteiger partial charge >= 0.3 is 12.4 Å². The Bertz CT molecular complexity index is 976. The van der Waals surface area contributed by atoms with Crippen LogP contribution in [0.4, 0.5) is 35.4 Å². The molecule has 1 aromatic heterocycles. The monoisotopic (exact) mass is 466 g/mol. The van der Waals surface area contributed by atoms with Crippen molar-refractivity contribution in [1.29, 1.82) is 0 Å². The molecule has 2 fully saturated rings. The van der Waals surface area contributed by atoms with Gasteiger partial charge in [0.05, 0.1) is 18.9 Å². The number of carbonyl (C=O) groups is 1. The first-order valence-electron chi connectivity index (χ1n) is 10.6. The van der Waals surface area contributed by atoms with Gasteiger partial charge in [-0.2, -0.15) is 4.98 Å². The molecule has 2 aromatic rings. The summed E-state index contributed by atoms with van der Waals surface area (Å²) in [6.07, 6.45) is -4.85. The summed E-state index contributed by atoms with van der Waals surface area (Å²) in [5.74, 6) is 0.992. The number of benzene rings is 1. The Labute approximate surface area is 189 Å². The predicted molar refractivity (Wildman–Crippen MR) is 116 cm³/mol. The number of anilines is 3. The van der Waals surface area contributed by atoms with Crippen LogP contribution in [-0.2, 0) is 4.74 Å². The number of ether oxygens (including phenoxy) is 2. The molecule has 9 nitrogen and oxygen atoms in total. The van der Waals surface area contributed by atoms with E-state index in [1.807, 2.05) is 13.0 Å². The molecule has 2 saturated heterocycles. The number of carbonyl (C=O) groups excluding carboxylic acids is 1. The number of aryl methyl sites for hydroxylation is 1. The maximum Gasteiger partial charge on any atom is 0.573 e. The van der Waals surface area contributed by atoms with Crippen molar-refractivity contribution in [2.75, 3.05) is 67.6 Å². The van der Waals surface area contributed by atoms with E-state index in [4.69, 9.17) is 9.72 Å². The highest BCUT2D eigenvalue weighted by molar-refractivity contribution is 5.91. The molecule has 1 aromatic carbocycles. The fourth-order valence-electron chi connectivity index (χ4n) is 3.72. The summed E-state index contributed by atoms with van der Waals surface area (Å²) in [6.45, 7) is 6.51. The fraction of sp³-hybridized carbons (Fsp3) is 0.476. The standard InChI is InChI=1S/C21H25F3N6O3/c1-15-14-18(27-19(25-15)29-10-12-32-13-11-29)28-6-8-30(9-7-28)20(31)26-16-4-2-3-5-17(16)33-21(22,23)24/h2-5,14H,6-13H2,1H3,(H,26,31). The fourth-order valence-corrected chi connectivity index (χ4v) is 3.72. The third-order valence-electron chi connectivity index (χ3n) is 5.37. The number of halogens is 3. The van der Waals surface area contributed by atoms with Gasteiger partial charge in [0.1, 0.15) is 5.82 Å². The van der Waals surface area contributed by atoms with Gasteiger partial charge in [0.2, 0.25) is 5.95 Å². The second-order valence-corrected chi connectivity index (χ2v) is 7.72. The summed E-state index contributed by atoms with van der Waals surface area (Å²) in [5, 5.41) is 2.52. The van der Waals surface area contributed by atoms with E-state index in [0.717, 1.165) is 30.7 Å². The Morgan fingerprint density at radius 1 is 1.03 bits per heavy atom. The zero-order valence-corrected chi connectivity index (χ0v) is 18.1. The maximum atomic E-state index is 12.7. The van der Waals surface area contributed by atoms with Crippen LogP contribution in [0.2, 0.25) is 0 Å². The average Bonchev–Trinajstić information content (AvgIpc) is 2.80. The largest absolute Gasteiger partial charge is 0.573 e. The zero-order chi connectivity index (χ0) is 23.4. The summed E-state index contributed by atoms with van der Waals surface area (Å²) in [5.41, 5.74) is 0.812. The molecule has 2 amide bonds. The van der Waals surface area contributed by atoms with Crippen molar-refractivity contribution in [3.8, 4) is 5.75 Å². The number of aromatic nitrogens is 2. The van der Waals surface area contributed by atoms with Crippen LogP contribution in [0.1, 0.15) is 5.69 Å². The van der Waals surface area contributed by atoms with E-state index in [0.29, 0.717) is 45.3 Å². The van der Waals surface area contributed by atoms with Crippen LogP contribution in [0.15, 0.2) is 30.3 Å². The molecule has 0 aliphatic carbocycles. The van der Waals surface area contributed by atoms with Gasteiger partial charge in [-0.3, -0.25) is 0 Å². The number of morpholine rings is 1. The summed E-state index contributed by atoms with van der Waals surface area (Å²) >= 11 is 0. The first-order chi connectivity index (χ1) is 15.8. The first-order valence-corrected chi connectivity index (χ1v) is 10.6. The number of para-hydroxylation sites is 2. The van der Waals surface area contributed by atoms with Crippen molar-refractivity contribution < 1.29 is 27.4 Å². The minimum absolute atomic E-state index is 0.0381. The molecular weight excluding hydrogens is 441 g/mol. The maximum absolute atomic E-state index is 12.7. The highest BCUT2D eigenvalue weighted by Crippen LogP contribution is 2.30. The lowest BCUT2D eigenvalue weighted by atomic mass is 10.3. The van der Waals surface area contributed by atoms with E-state index in [2.05, 4.69) is 24.8 Å². The highest BCUT2D eigenvalue weighted by Gasteiger charge is 2.32. The molecular formula is C21H25F3N6O3. The number of nitrogens with one attached hydrogen (secondary N) is 1. The molecule has 0 saturated carbocycles. The Morgan fingerprint density at radius 3 is 2.42 bits per heavy atom. The van der Waals surface area contributed by atoms with Crippen LogP contribution < -0.4 is 19.9 Å². The molecule has 12 heteroatoms. The van der Waals surface area contributed by atoms with Crippen LogP contribution >= 0.6 is 0 Å². The summed E-state index contributed by atoms with van der Waals surface area (Å²) in [6, 6.07) is 6.88. The number of nitrogens with zero attached hydrogens (tertiary/aromatic N) is 5. The van der Waals surface area contributed by atoms with Gasteiger partial charge < -0.3 is 29.5 Å². The van der Waals surface area contributed by atoms with Crippen molar-refractivity contribution in [3.63, 3.8) is 0 Å². The summed E-state index contributed by atoms with van der Waals surface area (Å²) in [7, 11) is 0. The topological polar surface area (TPSA) is 83.1 Å². The predicted octanol–water partition coefficient (Wildman–Crippen LogP) is 2.87. The molecule has 4 rings (SSSR count). The van der Waals surface area contributed by atoms with Crippen LogP contribution in [-0.4, -0.2) is 79.7 Å². The number of rotatable bonds is 4. The number of piperazine rings is 1. The number of alkyl halides is 3. The van der Waals surface area contributed by atoms with Gasteiger partial charge in [0.15, 0.2) is 5.75 Å². The molecule has 178 valence electrons. The van der Waals surface area contributed by atoms with Gasteiger partial charge in [-0.15, -0.1) is 13.2 Å². The molecule has 0 bridgehead atoms. The second kappa shape index (κ2) is 9.69. The van der Waals surface area contributed by atoms with Crippen LogP contribution in [0.25, 0.3) is 0 Å². The summed E-state index contributed by atoms with van der Waals surface area (Å²) in [4.78, 5) is 27.6. The number of hydrogen-bond acceptors (Lipinski definition) is 7. The zero-order valence-electron chi connectivity index (χ0n) is 18.1. The lowest BCUT2D eigenvalue weighted by molar-refractivity contribution is -0.274. The Kier molecular flexibility index (Phi) is 6.72. The van der Waals surface area contributed by atoms with E-state index in [-0.39, 0.29) is 5.69 Å². The van der Waals surface area contributed by atoms with Gasteiger partial charge in [-0.05, 0) is 19.1 Å². The first kappa shape index (κ1) is 22.9. The molecule has 2 aliphatic heterocycles. The molecule has 1 N–H and O–H groups in total. The average molecular weight is 466 g/mol. The van der Waals surface area contributed by atoms with Gasteiger partial charge in [0, 0.05) is 51.0 Å². The Morgan fingerprint density at radius 2 is 1.73 bits per heavy atom. The van der Waals surface area contributed by atoms with Crippen molar-refractivity contribution in [2.24, 2.45) is 0 Å². The van der Waals surface area contributed by atoms with Crippen molar-refractivity contribution in [3.05, 3.63) is 36.0 Å². The van der Waals surface area contributed by atoms with E-state index in [9.17, 15) is 18.0 Å². The Balaban J connectivity index is 1.38. The molecule has 0 unspecified atom stereocenters. The van der Waals surface area contributed by atoms with Gasteiger partial charge in [-0.25, -0.2) is 9.78 Å². The van der Waals surface area contributed by atoms with E-state index >= 15 is 0 Å². The molecule has 0 spiro atoms. The molecule has 0 radical (unpaired) electrons. The third kappa shape index (κ3) is 5.95. The molecule has 0 atom stereocenters. The Hall–Kier alpha value is -3.28. The van der Waals surface area contributed by atoms with Crippen molar-refractivity contribution in [1.82, 2.24) is 14.9 Å². The molecule has 33 heavy (non-hydrogen) atoms. The van der Waals surface area contributed by atoms with Crippen LogP contribution in [0.3, 0.4) is 0 Å². The number of hydrogen-bond donors (Lipinski definition) is 1. The van der Waals surface area contributed by atoms with Gasteiger partial charge in [-0.1, -0.05) is 12.1 Å². The van der Waals surface area contributed by atoms with E-state index in [1.54, 1.807) is 4.90 Å². The third-order valence-corrected chi connectivity index (χ3v) is 5.37. The number of amides is 2. The quantitative estimate of drug-likeness (QED) is 0.742. The van der Waals surface area contributed by atoms with Crippen LogP contribution in [0.5, 0.6) is 5.75 Å². The normalized spacial score (nSPS) is 17.2. The summed E-state index contributed by atoms with van der Waals surface area (Å²) < 4.78 is 47.3. The minimum Gasteiger partial charge on any atom is -0.404 e. The second-order valence-electron chi connectivity index (χ2n) is 7.72. The molecule has 3 heterocycles. The van der Waals surface area contributed by atoms with E-state index < -0.39 is 18.1 Å². The van der Waals surface area contributed by atoms with Crippen molar-refractivity contribution in [2.45, 2.75) is 13.3 Å². The van der Waals surface area contributed by atoms with Crippen LogP contribution in [0, 0.1) is 6.92 Å². The van der Waals surface area contributed by atoms with E-state index in [1.165, 1.54) is 18.2 Å². The smallest absolute Gasteiger partial charge is 0.404 e.